The second kappa shape index (κ2) is 12.8. The minimum Gasteiger partial charge on any atom is -0.443 e. The summed E-state index contributed by atoms with van der Waals surface area (Å²) in [4.78, 5) is 13.1. The fourth-order valence-electron chi connectivity index (χ4n) is 5.92. The summed E-state index contributed by atoms with van der Waals surface area (Å²) in [7, 11) is -3.98. The van der Waals surface area contributed by atoms with Crippen molar-refractivity contribution in [1.29, 1.82) is 0 Å². The van der Waals surface area contributed by atoms with Crippen LogP contribution in [0, 0.1) is 11.8 Å². The van der Waals surface area contributed by atoms with Crippen molar-refractivity contribution in [2.24, 2.45) is 11.8 Å². The smallest absolute Gasteiger partial charge is 0.407 e. The van der Waals surface area contributed by atoms with Crippen molar-refractivity contribution in [2.75, 3.05) is 26.3 Å². The van der Waals surface area contributed by atoms with Gasteiger partial charge >= 0.3 is 6.09 Å². The molecule has 2 aliphatic heterocycles. The van der Waals surface area contributed by atoms with Gasteiger partial charge < -0.3 is 29.7 Å². The number of aliphatic hydroxyl groups excluding tert-OH is 2. The van der Waals surface area contributed by atoms with Crippen LogP contribution in [0.3, 0.4) is 0 Å². The fourth-order valence-corrected chi connectivity index (χ4v) is 7.59. The van der Waals surface area contributed by atoms with E-state index in [4.69, 9.17) is 14.2 Å². The van der Waals surface area contributed by atoms with E-state index in [1.54, 1.807) is 12.1 Å². The molecule has 0 saturated carbocycles. The zero-order valence-corrected chi connectivity index (χ0v) is 24.3. The number of carbonyl (C=O) groups excluding carboxylic acids is 1. The third kappa shape index (κ3) is 6.93. The van der Waals surface area contributed by atoms with E-state index in [9.17, 15) is 23.4 Å². The maximum Gasteiger partial charge on any atom is 0.407 e. The summed E-state index contributed by atoms with van der Waals surface area (Å²) < 4.78 is 45.7. The van der Waals surface area contributed by atoms with Gasteiger partial charge in [-0.15, -0.1) is 0 Å². The fraction of sp³-hybridized carbons (Fsp3) is 0.567. The summed E-state index contributed by atoms with van der Waals surface area (Å²) in [6.45, 7) is 4.58. The summed E-state index contributed by atoms with van der Waals surface area (Å²) in [5, 5.41) is 24.4. The van der Waals surface area contributed by atoms with E-state index in [2.05, 4.69) is 5.32 Å². The Bertz CT molecular complexity index is 1300. The first kappa shape index (κ1) is 29.9. The molecule has 41 heavy (non-hydrogen) atoms. The zero-order valence-electron chi connectivity index (χ0n) is 23.5. The van der Waals surface area contributed by atoms with Gasteiger partial charge in [-0.1, -0.05) is 50.2 Å². The second-order valence-electron chi connectivity index (χ2n) is 11.6. The van der Waals surface area contributed by atoms with Crippen LogP contribution in [-0.4, -0.2) is 79.9 Å². The highest BCUT2D eigenvalue weighted by molar-refractivity contribution is 7.89. The number of hydrogen-bond acceptors (Lipinski definition) is 8. The molecule has 6 atom stereocenters. The third-order valence-electron chi connectivity index (χ3n) is 8.07. The van der Waals surface area contributed by atoms with Crippen LogP contribution < -0.4 is 5.32 Å². The van der Waals surface area contributed by atoms with Gasteiger partial charge in [0.2, 0.25) is 10.0 Å². The van der Waals surface area contributed by atoms with Crippen LogP contribution in [0.4, 0.5) is 4.79 Å². The van der Waals surface area contributed by atoms with E-state index in [1.165, 1.54) is 10.4 Å². The Kier molecular flexibility index (Phi) is 9.32. The van der Waals surface area contributed by atoms with Gasteiger partial charge in [-0.05, 0) is 60.4 Å². The van der Waals surface area contributed by atoms with Crippen LogP contribution >= 0.6 is 0 Å². The lowest BCUT2D eigenvalue weighted by atomic mass is 10.0. The van der Waals surface area contributed by atoms with Gasteiger partial charge in [-0.2, -0.15) is 4.31 Å². The molecule has 1 amide bonds. The lowest BCUT2D eigenvalue weighted by Gasteiger charge is -2.31. The van der Waals surface area contributed by atoms with Crippen LogP contribution in [0.2, 0.25) is 0 Å². The van der Waals surface area contributed by atoms with Crippen molar-refractivity contribution in [3.63, 3.8) is 0 Å². The molecular weight excluding hydrogens is 548 g/mol. The second-order valence-corrected chi connectivity index (χ2v) is 13.5. The molecule has 2 aromatic rings. The molecule has 2 aromatic carbocycles. The molecule has 0 spiro atoms. The Hall–Kier alpha value is -2.54. The molecule has 2 saturated heterocycles. The molecule has 3 aliphatic rings. The largest absolute Gasteiger partial charge is 0.443 e. The van der Waals surface area contributed by atoms with Crippen molar-refractivity contribution < 1.29 is 37.6 Å². The molecule has 3 N–H and O–H groups in total. The van der Waals surface area contributed by atoms with Crippen LogP contribution in [0.5, 0.6) is 0 Å². The number of fused-ring (bicyclic) bond motifs is 2. The average molecular weight is 589 g/mol. The maximum absolute atomic E-state index is 13.8. The molecule has 1 aliphatic carbocycles. The van der Waals surface area contributed by atoms with Gasteiger partial charge in [0.05, 0.1) is 42.3 Å². The number of amides is 1. The van der Waals surface area contributed by atoms with E-state index in [0.717, 1.165) is 23.1 Å². The number of carbonyl (C=O) groups is 1. The molecule has 0 bridgehead atoms. The summed E-state index contributed by atoms with van der Waals surface area (Å²) in [5.74, 6) is -0.0407. The van der Waals surface area contributed by atoms with Gasteiger partial charge in [-0.3, -0.25) is 0 Å². The minimum absolute atomic E-state index is 0.0114. The zero-order chi connectivity index (χ0) is 29.1. The molecule has 11 heteroatoms. The predicted molar refractivity (Wildman–Crippen MR) is 150 cm³/mol. The van der Waals surface area contributed by atoms with Crippen LogP contribution in [0.1, 0.15) is 49.5 Å². The summed E-state index contributed by atoms with van der Waals surface area (Å²) in [6, 6.07) is 13.4. The number of alkyl carbamates (subject to hydrolysis) is 1. The van der Waals surface area contributed by atoms with Crippen molar-refractivity contribution in [3.8, 4) is 0 Å². The normalized spacial score (nSPS) is 25.2. The van der Waals surface area contributed by atoms with Gasteiger partial charge in [0.25, 0.3) is 0 Å². The highest BCUT2D eigenvalue weighted by Crippen LogP contribution is 2.34. The topological polar surface area (TPSA) is 135 Å². The van der Waals surface area contributed by atoms with Gasteiger partial charge in [0, 0.05) is 13.1 Å². The Morgan fingerprint density at radius 2 is 1.90 bits per heavy atom. The summed E-state index contributed by atoms with van der Waals surface area (Å²) in [5.41, 5.74) is 2.45. The monoisotopic (exact) mass is 588 g/mol. The number of benzene rings is 2. The number of ether oxygens (including phenoxy) is 3. The van der Waals surface area contributed by atoms with Crippen LogP contribution in [-0.2, 0) is 37.1 Å². The molecule has 0 aromatic heterocycles. The molecule has 2 heterocycles. The van der Waals surface area contributed by atoms with Crippen molar-refractivity contribution in [1.82, 2.24) is 9.62 Å². The average Bonchev–Trinajstić information content (AvgIpc) is 3.66. The lowest BCUT2D eigenvalue weighted by molar-refractivity contribution is -0.0907. The minimum atomic E-state index is -3.98. The highest BCUT2D eigenvalue weighted by Gasteiger charge is 2.44. The van der Waals surface area contributed by atoms with Crippen molar-refractivity contribution >= 4 is 16.1 Å². The van der Waals surface area contributed by atoms with E-state index < -0.39 is 40.5 Å². The Morgan fingerprint density at radius 1 is 1.12 bits per heavy atom. The number of hydrogen-bond donors (Lipinski definition) is 3. The first-order chi connectivity index (χ1) is 19.6. The lowest BCUT2D eigenvalue weighted by Crippen LogP contribution is -2.51. The number of aliphatic hydroxyl groups is 2. The summed E-state index contributed by atoms with van der Waals surface area (Å²) in [6.07, 6.45) is -1.12. The standard InChI is InChI=1S/C30H40N2O8S/c1-19(2)16-32(41(36,37)22-9-10-23-21(15-22)8-11-26(23)33)17-27(34)25(14-20-6-4-3-5-7-20)31-30(35)40-28-18-39-29-24(28)12-13-38-29/h3-7,9-10,15,19,24-29,33-34H,8,11-14,16-18H2,1-2H3,(H,31,35)/t24-,25-,26+,27+,28-,29+/m0/s1. The van der Waals surface area contributed by atoms with E-state index in [-0.39, 0.29) is 49.1 Å². The van der Waals surface area contributed by atoms with Gasteiger partial charge in [0.15, 0.2) is 6.29 Å². The maximum atomic E-state index is 13.8. The third-order valence-corrected chi connectivity index (χ3v) is 9.90. The molecule has 0 radical (unpaired) electrons. The SMILES string of the molecule is CC(C)CN(C[C@@H](O)[C@H](Cc1ccccc1)NC(=O)O[C@H]1CO[C@H]2OCC[C@H]21)S(=O)(=O)c1ccc2c(c1)CC[C@H]2O. The van der Waals surface area contributed by atoms with Crippen molar-refractivity contribution in [3.05, 3.63) is 65.2 Å². The Morgan fingerprint density at radius 3 is 2.66 bits per heavy atom. The molecule has 5 rings (SSSR count). The van der Waals surface area contributed by atoms with Crippen LogP contribution in [0.25, 0.3) is 0 Å². The number of sulfonamides is 1. The number of aryl methyl sites for hydroxylation is 1. The first-order valence-electron chi connectivity index (χ1n) is 14.3. The molecule has 224 valence electrons. The van der Waals surface area contributed by atoms with E-state index in [0.29, 0.717) is 19.4 Å². The highest BCUT2D eigenvalue weighted by atomic mass is 32.2. The quantitative estimate of drug-likeness (QED) is 0.365. The van der Waals surface area contributed by atoms with Crippen molar-refractivity contribution in [2.45, 2.75) is 75.1 Å². The summed E-state index contributed by atoms with van der Waals surface area (Å²) >= 11 is 0. The predicted octanol–water partition coefficient (Wildman–Crippen LogP) is 2.77. The number of rotatable bonds is 11. The number of nitrogens with zero attached hydrogens (tertiary/aromatic N) is 1. The molecule has 2 fully saturated rings. The van der Waals surface area contributed by atoms with E-state index in [1.807, 2.05) is 44.2 Å². The van der Waals surface area contributed by atoms with Gasteiger partial charge in [0.1, 0.15) is 6.10 Å². The van der Waals surface area contributed by atoms with Gasteiger partial charge in [-0.25, -0.2) is 13.2 Å². The molecule has 0 unspecified atom stereocenters. The first-order valence-corrected chi connectivity index (χ1v) is 15.8. The Labute approximate surface area is 241 Å². The molecule has 10 nitrogen and oxygen atoms in total. The Balaban J connectivity index is 1.33. The number of nitrogens with one attached hydrogen (secondary N) is 1. The van der Waals surface area contributed by atoms with E-state index >= 15 is 0 Å². The van der Waals surface area contributed by atoms with Crippen LogP contribution in [0.15, 0.2) is 53.4 Å². The molecular formula is C30H40N2O8S.